The van der Waals surface area contributed by atoms with Crippen LogP contribution in [-0.2, 0) is 0 Å². The zero-order valence-corrected chi connectivity index (χ0v) is 13.8. The molecule has 0 aliphatic carbocycles. The van der Waals surface area contributed by atoms with Crippen LogP contribution in [0.25, 0.3) is 0 Å². The van der Waals surface area contributed by atoms with Gasteiger partial charge in [0.15, 0.2) is 0 Å². The molecule has 0 saturated heterocycles. The number of para-hydroxylation sites is 1. The molecule has 0 fully saturated rings. The number of nitrogens with one attached hydrogen (secondary N) is 1. The molecule has 0 bridgehead atoms. The normalized spacial score (nSPS) is 11.5. The number of anilines is 1. The maximum atomic E-state index is 10.9. The van der Waals surface area contributed by atoms with Gasteiger partial charge in [0, 0.05) is 5.56 Å². The topological polar surface area (TPSA) is 86.4 Å². The second-order valence-corrected chi connectivity index (χ2v) is 5.33. The number of carboxylic acids is 1. The molecule has 6 heteroatoms. The highest BCUT2D eigenvalue weighted by atomic mass is 16.4. The van der Waals surface area contributed by atoms with Crippen molar-refractivity contribution in [3.05, 3.63) is 96.1 Å². The molecule has 3 aromatic rings. The summed E-state index contributed by atoms with van der Waals surface area (Å²) < 4.78 is 0. The monoisotopic (exact) mass is 344 g/mol. The molecule has 0 spiro atoms. The summed E-state index contributed by atoms with van der Waals surface area (Å²) in [6, 6.07) is 25.2. The van der Waals surface area contributed by atoms with Crippen molar-refractivity contribution in [2.24, 2.45) is 15.3 Å². The number of hydrogen-bond donors (Lipinski definition) is 2. The summed E-state index contributed by atoms with van der Waals surface area (Å²) in [6.07, 6.45) is 0. The van der Waals surface area contributed by atoms with Gasteiger partial charge in [-0.2, -0.15) is 5.10 Å². The van der Waals surface area contributed by atoms with E-state index in [1.807, 2.05) is 60.7 Å². The molecule has 0 aliphatic rings. The molecule has 0 radical (unpaired) electrons. The third-order valence-corrected chi connectivity index (χ3v) is 3.47. The zero-order chi connectivity index (χ0) is 18.2. The Morgan fingerprint density at radius 2 is 1.38 bits per heavy atom. The van der Waals surface area contributed by atoms with Gasteiger partial charge in [0.05, 0.1) is 16.9 Å². The van der Waals surface area contributed by atoms with E-state index >= 15 is 0 Å². The van der Waals surface area contributed by atoms with Crippen LogP contribution in [0.15, 0.2) is 100 Å². The minimum absolute atomic E-state index is 0.201. The summed E-state index contributed by atoms with van der Waals surface area (Å²) >= 11 is 0. The van der Waals surface area contributed by atoms with E-state index < -0.39 is 5.97 Å². The number of rotatable bonds is 5. The van der Waals surface area contributed by atoms with Crippen LogP contribution in [0.1, 0.15) is 15.9 Å². The lowest BCUT2D eigenvalue weighted by Crippen LogP contribution is -2.01. The second-order valence-electron chi connectivity index (χ2n) is 5.33. The van der Waals surface area contributed by atoms with Gasteiger partial charge in [0.2, 0.25) is 5.84 Å². The molecule has 2 N–H and O–H groups in total. The lowest BCUT2D eigenvalue weighted by Gasteiger charge is -2.03. The van der Waals surface area contributed by atoms with Crippen molar-refractivity contribution in [3.8, 4) is 0 Å². The Labute approximate surface area is 150 Å². The van der Waals surface area contributed by atoms with Crippen molar-refractivity contribution >= 4 is 23.2 Å². The van der Waals surface area contributed by atoms with E-state index in [0.29, 0.717) is 11.5 Å². The molecule has 26 heavy (non-hydrogen) atoms. The summed E-state index contributed by atoms with van der Waals surface area (Å²) in [4.78, 5) is 10.9. The second kappa shape index (κ2) is 8.34. The third-order valence-electron chi connectivity index (χ3n) is 3.47. The molecule has 0 aromatic heterocycles. The number of nitrogens with zero attached hydrogens (tertiary/aromatic N) is 3. The zero-order valence-electron chi connectivity index (χ0n) is 13.8. The van der Waals surface area contributed by atoms with E-state index in [1.54, 1.807) is 12.1 Å². The quantitative estimate of drug-likeness (QED) is 0.297. The Hall–Kier alpha value is -3.80. The fourth-order valence-corrected chi connectivity index (χ4v) is 2.14. The molecule has 128 valence electrons. The third kappa shape index (κ3) is 4.61. The fraction of sp³-hybridized carbons (Fsp3) is 0. The number of aromatic carboxylic acids is 1. The summed E-state index contributed by atoms with van der Waals surface area (Å²) in [5, 5.41) is 21.7. The standard InChI is InChI=1S/C20H16N4O2/c25-20(26)16-11-13-18(14-12-16)22-24-19(15-7-3-1-4-8-15)23-21-17-9-5-2-6-10-17/h1-14,21H,(H,25,26). The Balaban J connectivity index is 1.84. The molecule has 0 unspecified atom stereocenters. The Kier molecular flexibility index (Phi) is 5.47. The number of benzene rings is 3. The van der Waals surface area contributed by atoms with Gasteiger partial charge < -0.3 is 5.11 Å². The van der Waals surface area contributed by atoms with E-state index in [-0.39, 0.29) is 5.56 Å². The largest absolute Gasteiger partial charge is 0.478 e. The van der Waals surface area contributed by atoms with E-state index in [9.17, 15) is 4.79 Å². The first kappa shape index (κ1) is 17.0. The van der Waals surface area contributed by atoms with E-state index in [4.69, 9.17) is 5.11 Å². The van der Waals surface area contributed by atoms with Crippen LogP contribution >= 0.6 is 0 Å². The lowest BCUT2D eigenvalue weighted by atomic mass is 10.2. The van der Waals surface area contributed by atoms with Crippen LogP contribution in [0, 0.1) is 0 Å². The van der Waals surface area contributed by atoms with Crippen LogP contribution in [0.2, 0.25) is 0 Å². The molecular formula is C20H16N4O2. The smallest absolute Gasteiger partial charge is 0.335 e. The highest BCUT2D eigenvalue weighted by Crippen LogP contribution is 2.15. The number of amidine groups is 1. The first-order valence-electron chi connectivity index (χ1n) is 7.91. The summed E-state index contributed by atoms with van der Waals surface area (Å²) in [7, 11) is 0. The highest BCUT2D eigenvalue weighted by Gasteiger charge is 2.04. The van der Waals surface area contributed by atoms with E-state index in [0.717, 1.165) is 11.3 Å². The molecular weight excluding hydrogens is 328 g/mol. The minimum atomic E-state index is -0.980. The Morgan fingerprint density at radius 1 is 0.769 bits per heavy atom. The number of carboxylic acid groups (broad SMARTS) is 1. The molecule has 6 nitrogen and oxygen atoms in total. The van der Waals surface area contributed by atoms with Gasteiger partial charge >= 0.3 is 5.97 Å². The molecule has 0 atom stereocenters. The van der Waals surface area contributed by atoms with Gasteiger partial charge in [0.25, 0.3) is 0 Å². The van der Waals surface area contributed by atoms with Crippen LogP contribution in [0.3, 0.4) is 0 Å². The average molecular weight is 344 g/mol. The van der Waals surface area contributed by atoms with Crippen LogP contribution in [-0.4, -0.2) is 16.9 Å². The highest BCUT2D eigenvalue weighted by molar-refractivity contribution is 5.99. The van der Waals surface area contributed by atoms with Crippen LogP contribution in [0.5, 0.6) is 0 Å². The summed E-state index contributed by atoms with van der Waals surface area (Å²) in [5.74, 6) is -0.566. The van der Waals surface area contributed by atoms with Gasteiger partial charge in [-0.3, -0.25) is 5.43 Å². The molecule has 0 saturated carbocycles. The SMILES string of the molecule is O=C(O)c1ccc(N=NC(=NNc2ccccc2)c2ccccc2)cc1. The molecule has 0 aliphatic heterocycles. The van der Waals surface area contributed by atoms with Gasteiger partial charge in [0.1, 0.15) is 0 Å². The van der Waals surface area contributed by atoms with Crippen molar-refractivity contribution in [3.63, 3.8) is 0 Å². The predicted octanol–water partition coefficient (Wildman–Crippen LogP) is 4.94. The number of carbonyl (C=O) groups is 1. The molecule has 0 heterocycles. The molecule has 3 aromatic carbocycles. The van der Waals surface area contributed by atoms with Gasteiger partial charge in [-0.05, 0) is 36.4 Å². The molecule has 0 amide bonds. The van der Waals surface area contributed by atoms with Gasteiger partial charge in [-0.25, -0.2) is 4.79 Å². The fourth-order valence-electron chi connectivity index (χ4n) is 2.14. The van der Waals surface area contributed by atoms with Gasteiger partial charge in [-0.1, -0.05) is 48.5 Å². The van der Waals surface area contributed by atoms with Crippen LogP contribution in [0.4, 0.5) is 11.4 Å². The van der Waals surface area contributed by atoms with Crippen molar-refractivity contribution < 1.29 is 9.90 Å². The van der Waals surface area contributed by atoms with Crippen LogP contribution < -0.4 is 5.43 Å². The van der Waals surface area contributed by atoms with Crippen molar-refractivity contribution in [1.82, 2.24) is 0 Å². The number of hydrogen-bond acceptors (Lipinski definition) is 4. The first-order valence-corrected chi connectivity index (χ1v) is 7.91. The van der Waals surface area contributed by atoms with Gasteiger partial charge in [-0.15, -0.1) is 10.2 Å². The van der Waals surface area contributed by atoms with Crippen molar-refractivity contribution in [1.29, 1.82) is 0 Å². The summed E-state index contributed by atoms with van der Waals surface area (Å²) in [6.45, 7) is 0. The predicted molar refractivity (Wildman–Crippen MR) is 101 cm³/mol. The Bertz CT molecular complexity index is 921. The minimum Gasteiger partial charge on any atom is -0.478 e. The average Bonchev–Trinajstić information content (AvgIpc) is 2.70. The number of azo groups is 1. The first-order chi connectivity index (χ1) is 12.7. The lowest BCUT2D eigenvalue weighted by molar-refractivity contribution is 0.0697. The molecule has 3 rings (SSSR count). The maximum Gasteiger partial charge on any atom is 0.335 e. The summed E-state index contributed by atoms with van der Waals surface area (Å²) in [5.41, 5.74) is 5.34. The van der Waals surface area contributed by atoms with E-state index in [1.165, 1.54) is 12.1 Å². The Morgan fingerprint density at radius 3 is 2.00 bits per heavy atom. The van der Waals surface area contributed by atoms with Crippen molar-refractivity contribution in [2.45, 2.75) is 0 Å². The maximum absolute atomic E-state index is 10.9. The number of hydrazone groups is 1. The van der Waals surface area contributed by atoms with Crippen molar-refractivity contribution in [2.75, 3.05) is 5.43 Å². The van der Waals surface area contributed by atoms with E-state index in [2.05, 4.69) is 20.8 Å².